The van der Waals surface area contributed by atoms with Gasteiger partial charge < -0.3 is 0 Å². The van der Waals surface area contributed by atoms with E-state index < -0.39 is 0 Å². The summed E-state index contributed by atoms with van der Waals surface area (Å²) in [6, 6.07) is 0. The molecule has 2 unspecified atom stereocenters. The molecule has 1 aliphatic heterocycles. The van der Waals surface area contributed by atoms with Crippen molar-refractivity contribution in [1.82, 2.24) is 0 Å². The van der Waals surface area contributed by atoms with Crippen molar-refractivity contribution in [1.29, 1.82) is 0 Å². The maximum atomic E-state index is 2.46. The second-order valence-electron chi connectivity index (χ2n) is 6.08. The standard InChI is InChI=1S/C13H25B/c1-11-8-12(2)10-14(9-11)13-6-4-3-5-7-13/h11-13H,3-10H2,1-2H3. The van der Waals surface area contributed by atoms with E-state index in [1.807, 2.05) is 0 Å². The molecule has 2 rings (SSSR count). The Balaban J connectivity index is 1.88. The molecule has 0 aromatic rings. The van der Waals surface area contributed by atoms with E-state index in [0.29, 0.717) is 0 Å². The molecule has 0 aromatic heterocycles. The molecule has 0 amide bonds. The third-order valence-corrected chi connectivity index (χ3v) is 4.53. The minimum absolute atomic E-state index is 1.01. The predicted molar refractivity (Wildman–Crippen MR) is 65.1 cm³/mol. The quantitative estimate of drug-likeness (QED) is 0.537. The molecule has 0 radical (unpaired) electrons. The van der Waals surface area contributed by atoms with E-state index in [4.69, 9.17) is 0 Å². The molecule has 0 nitrogen and oxygen atoms in total. The van der Waals surface area contributed by atoms with Gasteiger partial charge in [-0.1, -0.05) is 76.2 Å². The third kappa shape index (κ3) is 2.55. The van der Waals surface area contributed by atoms with E-state index in [0.717, 1.165) is 24.4 Å². The summed E-state index contributed by atoms with van der Waals surface area (Å²) in [5.74, 6) is 3.12. The van der Waals surface area contributed by atoms with Gasteiger partial charge in [-0.25, -0.2) is 0 Å². The van der Waals surface area contributed by atoms with Crippen molar-refractivity contribution in [2.24, 2.45) is 11.8 Å². The largest absolute Gasteiger partial charge is 0.143 e. The third-order valence-electron chi connectivity index (χ3n) is 4.53. The molecule has 1 aliphatic carbocycles. The highest BCUT2D eigenvalue weighted by Gasteiger charge is 2.33. The second kappa shape index (κ2) is 4.72. The SMILES string of the molecule is CC1CB(C2CCCCC2)CC(C)C1. The van der Waals surface area contributed by atoms with Crippen molar-refractivity contribution in [3.05, 3.63) is 0 Å². The molecule has 0 bridgehead atoms. The van der Waals surface area contributed by atoms with Crippen LogP contribution in [0.1, 0.15) is 52.4 Å². The van der Waals surface area contributed by atoms with Gasteiger partial charge in [0.15, 0.2) is 0 Å². The minimum atomic E-state index is 1.01. The first-order chi connectivity index (χ1) is 6.75. The highest BCUT2D eigenvalue weighted by atomic mass is 14.2. The van der Waals surface area contributed by atoms with Gasteiger partial charge in [0.2, 0.25) is 0 Å². The Hall–Kier alpha value is 0.0649. The van der Waals surface area contributed by atoms with Gasteiger partial charge in [0.05, 0.1) is 0 Å². The van der Waals surface area contributed by atoms with Crippen molar-refractivity contribution >= 4 is 6.71 Å². The van der Waals surface area contributed by atoms with Crippen LogP contribution in [0.2, 0.25) is 18.5 Å². The minimum Gasteiger partial charge on any atom is -0.0713 e. The lowest BCUT2D eigenvalue weighted by Crippen LogP contribution is -2.31. The van der Waals surface area contributed by atoms with Gasteiger partial charge >= 0.3 is 0 Å². The van der Waals surface area contributed by atoms with Gasteiger partial charge in [0.25, 0.3) is 0 Å². The predicted octanol–water partition coefficient (Wildman–Crippen LogP) is 4.49. The van der Waals surface area contributed by atoms with Crippen LogP contribution in [0.4, 0.5) is 0 Å². The Morgan fingerprint density at radius 3 is 2.00 bits per heavy atom. The smallest absolute Gasteiger partial charge is 0.0713 e. The van der Waals surface area contributed by atoms with Crippen LogP contribution in [-0.4, -0.2) is 6.71 Å². The van der Waals surface area contributed by atoms with E-state index in [1.165, 1.54) is 38.3 Å². The first-order valence-electron chi connectivity index (χ1n) is 6.75. The Kier molecular flexibility index (Phi) is 3.57. The van der Waals surface area contributed by atoms with Gasteiger partial charge in [-0.05, 0) is 6.42 Å². The molecule has 0 N–H and O–H groups in total. The molecular weight excluding hydrogens is 167 g/mol. The van der Waals surface area contributed by atoms with Gasteiger partial charge in [-0.2, -0.15) is 0 Å². The van der Waals surface area contributed by atoms with Crippen LogP contribution in [0.15, 0.2) is 0 Å². The topological polar surface area (TPSA) is 0 Å². The summed E-state index contributed by atoms with van der Waals surface area (Å²) in [6.07, 6.45) is 12.2. The molecule has 80 valence electrons. The van der Waals surface area contributed by atoms with Gasteiger partial charge in [-0.15, -0.1) is 0 Å². The number of rotatable bonds is 1. The highest BCUT2D eigenvalue weighted by Crippen LogP contribution is 2.40. The summed E-state index contributed by atoms with van der Waals surface area (Å²) in [6.45, 7) is 6.02. The van der Waals surface area contributed by atoms with E-state index in [-0.39, 0.29) is 0 Å². The molecule has 1 saturated carbocycles. The first-order valence-corrected chi connectivity index (χ1v) is 6.75. The lowest BCUT2D eigenvalue weighted by Gasteiger charge is -2.36. The molecule has 2 atom stereocenters. The molecule has 2 fully saturated rings. The molecule has 1 heterocycles. The Labute approximate surface area is 89.9 Å². The van der Waals surface area contributed by atoms with E-state index in [9.17, 15) is 0 Å². The van der Waals surface area contributed by atoms with Crippen LogP contribution in [0, 0.1) is 11.8 Å². The van der Waals surface area contributed by atoms with Gasteiger partial charge in [0.1, 0.15) is 6.71 Å². The maximum Gasteiger partial charge on any atom is 0.143 e. The van der Waals surface area contributed by atoms with Crippen LogP contribution in [0.3, 0.4) is 0 Å². The normalized spacial score (nSPS) is 36.0. The van der Waals surface area contributed by atoms with E-state index in [2.05, 4.69) is 13.8 Å². The van der Waals surface area contributed by atoms with Crippen molar-refractivity contribution < 1.29 is 0 Å². The van der Waals surface area contributed by atoms with Crippen LogP contribution in [-0.2, 0) is 0 Å². The van der Waals surface area contributed by atoms with Crippen molar-refractivity contribution in [2.75, 3.05) is 0 Å². The van der Waals surface area contributed by atoms with E-state index >= 15 is 0 Å². The molecule has 1 saturated heterocycles. The van der Waals surface area contributed by atoms with Crippen molar-refractivity contribution in [2.45, 2.75) is 70.8 Å². The zero-order valence-corrected chi connectivity index (χ0v) is 9.97. The summed E-state index contributed by atoms with van der Waals surface area (Å²) in [7, 11) is 0. The van der Waals surface area contributed by atoms with Crippen LogP contribution < -0.4 is 0 Å². The summed E-state index contributed by atoms with van der Waals surface area (Å²) >= 11 is 0. The fourth-order valence-electron chi connectivity index (χ4n) is 4.00. The van der Waals surface area contributed by atoms with Crippen LogP contribution >= 0.6 is 0 Å². The number of hydrogen-bond acceptors (Lipinski definition) is 0. The summed E-state index contributed by atoms with van der Waals surface area (Å²) < 4.78 is 0. The fraction of sp³-hybridized carbons (Fsp3) is 1.00. The van der Waals surface area contributed by atoms with Crippen LogP contribution in [0.25, 0.3) is 0 Å². The lowest BCUT2D eigenvalue weighted by atomic mass is 9.30. The van der Waals surface area contributed by atoms with Crippen molar-refractivity contribution in [3.8, 4) is 0 Å². The van der Waals surface area contributed by atoms with Gasteiger partial charge in [0, 0.05) is 0 Å². The zero-order valence-electron chi connectivity index (χ0n) is 9.97. The Morgan fingerprint density at radius 2 is 1.43 bits per heavy atom. The zero-order chi connectivity index (χ0) is 9.97. The summed E-state index contributed by atoms with van der Waals surface area (Å²) in [4.78, 5) is 0. The molecule has 2 aliphatic rings. The Bertz CT molecular complexity index is 162. The summed E-state index contributed by atoms with van der Waals surface area (Å²) in [5, 5.41) is 0. The van der Waals surface area contributed by atoms with E-state index in [1.54, 1.807) is 12.8 Å². The second-order valence-corrected chi connectivity index (χ2v) is 6.08. The monoisotopic (exact) mass is 192 g/mol. The highest BCUT2D eigenvalue weighted by molar-refractivity contribution is 6.60. The average molecular weight is 192 g/mol. The first kappa shape index (κ1) is 10.6. The molecule has 14 heavy (non-hydrogen) atoms. The summed E-state index contributed by atoms with van der Waals surface area (Å²) in [5.41, 5.74) is 0. The maximum absolute atomic E-state index is 2.46. The van der Waals surface area contributed by atoms with Crippen molar-refractivity contribution in [3.63, 3.8) is 0 Å². The molecular formula is C13H25B. The number of hydrogen-bond donors (Lipinski definition) is 0. The molecule has 1 heteroatoms. The molecule has 0 spiro atoms. The van der Waals surface area contributed by atoms with Crippen LogP contribution in [0.5, 0.6) is 0 Å². The lowest BCUT2D eigenvalue weighted by molar-refractivity contribution is 0.419. The fourth-order valence-corrected chi connectivity index (χ4v) is 4.00. The average Bonchev–Trinajstić information content (AvgIpc) is 2.18. The van der Waals surface area contributed by atoms with Gasteiger partial charge in [-0.3, -0.25) is 0 Å². The Morgan fingerprint density at radius 1 is 0.857 bits per heavy atom. The molecule has 0 aromatic carbocycles.